The molecule has 0 unspecified atom stereocenters. The van der Waals surface area contributed by atoms with Crippen LogP contribution in [0.1, 0.15) is 19.8 Å². The highest BCUT2D eigenvalue weighted by Gasteiger charge is 2.01. The van der Waals surface area contributed by atoms with Gasteiger partial charge in [-0.2, -0.15) is 0 Å². The molecular weight excluding hydrogens is 240 g/mol. The largest absolute Gasteiger partial charge is 0.466 e. The summed E-state index contributed by atoms with van der Waals surface area (Å²) >= 11 is 0. The summed E-state index contributed by atoms with van der Waals surface area (Å²) in [6.07, 6.45) is 1.50. The maximum atomic E-state index is 11.1. The van der Waals surface area contributed by atoms with Crippen molar-refractivity contribution < 1.29 is 9.53 Å². The summed E-state index contributed by atoms with van der Waals surface area (Å²) in [5.74, 6) is -0.128. The number of benzene rings is 1. The van der Waals surface area contributed by atoms with Gasteiger partial charge in [0.15, 0.2) is 0 Å². The molecule has 0 saturated carbocycles. The highest BCUT2D eigenvalue weighted by Crippen LogP contribution is 2.10. The topological polar surface area (TPSA) is 41.6 Å². The summed E-state index contributed by atoms with van der Waals surface area (Å²) < 4.78 is 4.86. The minimum Gasteiger partial charge on any atom is -0.466 e. The van der Waals surface area contributed by atoms with Crippen molar-refractivity contribution in [2.75, 3.05) is 38.2 Å². The Morgan fingerprint density at radius 2 is 2.00 bits per heavy atom. The number of anilines is 1. The average Bonchev–Trinajstić information content (AvgIpc) is 2.43. The number of nitrogens with one attached hydrogen (secondary N) is 1. The summed E-state index contributed by atoms with van der Waals surface area (Å²) in [5, 5.41) is 3.25. The summed E-state index contributed by atoms with van der Waals surface area (Å²) in [4.78, 5) is 13.3. The first-order valence-electron chi connectivity index (χ1n) is 6.86. The molecule has 1 N–H and O–H groups in total. The van der Waals surface area contributed by atoms with Gasteiger partial charge >= 0.3 is 5.97 Å². The molecule has 0 bridgehead atoms. The molecular formula is C15H24N2O2. The van der Waals surface area contributed by atoms with Crippen molar-refractivity contribution >= 4 is 11.7 Å². The SMILES string of the molecule is CCOC(=O)CCNCCCN(C)c1ccccc1. The van der Waals surface area contributed by atoms with E-state index in [0.29, 0.717) is 19.6 Å². The van der Waals surface area contributed by atoms with Gasteiger partial charge in [0, 0.05) is 25.8 Å². The van der Waals surface area contributed by atoms with Crippen LogP contribution in [-0.2, 0) is 9.53 Å². The number of hydrogen-bond acceptors (Lipinski definition) is 4. The molecule has 19 heavy (non-hydrogen) atoms. The molecule has 0 aromatic heterocycles. The first-order valence-corrected chi connectivity index (χ1v) is 6.86. The van der Waals surface area contributed by atoms with Crippen LogP contribution in [0, 0.1) is 0 Å². The molecule has 0 saturated heterocycles. The predicted octanol–water partition coefficient (Wildman–Crippen LogP) is 2.06. The van der Waals surface area contributed by atoms with Gasteiger partial charge in [-0.1, -0.05) is 18.2 Å². The maximum absolute atomic E-state index is 11.1. The Morgan fingerprint density at radius 3 is 2.68 bits per heavy atom. The summed E-state index contributed by atoms with van der Waals surface area (Å²) in [5.41, 5.74) is 1.23. The van der Waals surface area contributed by atoms with Crippen LogP contribution in [0.15, 0.2) is 30.3 Å². The van der Waals surface area contributed by atoms with Crippen LogP contribution >= 0.6 is 0 Å². The monoisotopic (exact) mass is 264 g/mol. The fourth-order valence-electron chi connectivity index (χ4n) is 1.80. The van der Waals surface area contributed by atoms with Crippen LogP contribution < -0.4 is 10.2 Å². The van der Waals surface area contributed by atoms with Crippen molar-refractivity contribution in [3.8, 4) is 0 Å². The van der Waals surface area contributed by atoms with Crippen molar-refractivity contribution in [2.45, 2.75) is 19.8 Å². The van der Waals surface area contributed by atoms with Gasteiger partial charge in [-0.3, -0.25) is 4.79 Å². The van der Waals surface area contributed by atoms with Crippen molar-refractivity contribution in [1.29, 1.82) is 0 Å². The third kappa shape index (κ3) is 6.82. The highest BCUT2D eigenvalue weighted by molar-refractivity contribution is 5.69. The van der Waals surface area contributed by atoms with Crippen molar-refractivity contribution in [2.24, 2.45) is 0 Å². The molecule has 4 nitrogen and oxygen atoms in total. The Kier molecular flexibility index (Phi) is 7.66. The van der Waals surface area contributed by atoms with Gasteiger partial charge in [-0.05, 0) is 32.0 Å². The molecule has 0 radical (unpaired) electrons. The fourth-order valence-corrected chi connectivity index (χ4v) is 1.80. The number of nitrogens with zero attached hydrogens (tertiary/aromatic N) is 1. The van der Waals surface area contributed by atoms with E-state index in [1.807, 2.05) is 25.1 Å². The lowest BCUT2D eigenvalue weighted by Gasteiger charge is -2.19. The van der Waals surface area contributed by atoms with Crippen LogP contribution in [0.25, 0.3) is 0 Å². The lowest BCUT2D eigenvalue weighted by Crippen LogP contribution is -2.25. The van der Waals surface area contributed by atoms with Crippen molar-refractivity contribution in [3.63, 3.8) is 0 Å². The molecule has 106 valence electrons. The molecule has 1 aromatic carbocycles. The maximum Gasteiger partial charge on any atom is 0.307 e. The molecule has 1 aromatic rings. The van der Waals surface area contributed by atoms with Crippen LogP contribution in [-0.4, -0.2) is 39.3 Å². The van der Waals surface area contributed by atoms with Gasteiger partial charge in [-0.25, -0.2) is 0 Å². The van der Waals surface area contributed by atoms with E-state index >= 15 is 0 Å². The quantitative estimate of drug-likeness (QED) is 0.547. The normalized spacial score (nSPS) is 10.2. The number of hydrogen-bond donors (Lipinski definition) is 1. The molecule has 1 rings (SSSR count). The molecule has 0 spiro atoms. The Hall–Kier alpha value is -1.55. The van der Waals surface area contributed by atoms with E-state index in [2.05, 4.69) is 29.4 Å². The van der Waals surface area contributed by atoms with E-state index in [1.54, 1.807) is 0 Å². The van der Waals surface area contributed by atoms with Crippen LogP contribution in [0.3, 0.4) is 0 Å². The van der Waals surface area contributed by atoms with Gasteiger partial charge < -0.3 is 15.0 Å². The Balaban J connectivity index is 2.03. The number of para-hydroxylation sites is 1. The molecule has 0 atom stereocenters. The summed E-state index contributed by atoms with van der Waals surface area (Å²) in [6.45, 7) is 4.88. The van der Waals surface area contributed by atoms with Crippen LogP contribution in [0.2, 0.25) is 0 Å². The minimum absolute atomic E-state index is 0.128. The second kappa shape index (κ2) is 9.39. The molecule has 0 aliphatic rings. The van der Waals surface area contributed by atoms with E-state index < -0.39 is 0 Å². The van der Waals surface area contributed by atoms with Crippen LogP contribution in [0.4, 0.5) is 5.69 Å². The zero-order valence-corrected chi connectivity index (χ0v) is 11.9. The summed E-state index contributed by atoms with van der Waals surface area (Å²) in [6, 6.07) is 10.3. The Morgan fingerprint density at radius 1 is 1.26 bits per heavy atom. The lowest BCUT2D eigenvalue weighted by molar-refractivity contribution is -0.142. The smallest absolute Gasteiger partial charge is 0.307 e. The first kappa shape index (κ1) is 15.5. The van der Waals surface area contributed by atoms with E-state index in [4.69, 9.17) is 4.74 Å². The Bertz CT molecular complexity index is 354. The minimum atomic E-state index is -0.128. The molecule has 0 heterocycles. The Labute approximate surface area is 115 Å². The van der Waals surface area contributed by atoms with Crippen molar-refractivity contribution in [3.05, 3.63) is 30.3 Å². The molecule has 0 fully saturated rings. The van der Waals surface area contributed by atoms with Crippen molar-refractivity contribution in [1.82, 2.24) is 5.32 Å². The van der Waals surface area contributed by atoms with Gasteiger partial charge in [0.05, 0.1) is 13.0 Å². The second-order valence-electron chi connectivity index (χ2n) is 4.42. The van der Waals surface area contributed by atoms with Gasteiger partial charge in [-0.15, -0.1) is 0 Å². The van der Waals surface area contributed by atoms with Crippen LogP contribution in [0.5, 0.6) is 0 Å². The molecule has 0 aliphatic carbocycles. The highest BCUT2D eigenvalue weighted by atomic mass is 16.5. The van der Waals surface area contributed by atoms with E-state index in [0.717, 1.165) is 19.5 Å². The van der Waals surface area contributed by atoms with Gasteiger partial charge in [0.2, 0.25) is 0 Å². The number of carbonyl (C=O) groups is 1. The van der Waals surface area contributed by atoms with Gasteiger partial charge in [0.1, 0.15) is 0 Å². The second-order valence-corrected chi connectivity index (χ2v) is 4.42. The number of rotatable bonds is 9. The third-order valence-corrected chi connectivity index (χ3v) is 2.86. The molecule has 0 aliphatic heterocycles. The zero-order valence-electron chi connectivity index (χ0n) is 11.9. The van der Waals surface area contributed by atoms with E-state index in [9.17, 15) is 4.79 Å². The standard InChI is InChI=1S/C15H24N2O2/c1-3-19-15(18)10-12-16-11-7-13-17(2)14-8-5-4-6-9-14/h4-6,8-9,16H,3,7,10-13H2,1-2H3. The number of carbonyl (C=O) groups excluding carboxylic acids is 1. The third-order valence-electron chi connectivity index (χ3n) is 2.86. The summed E-state index contributed by atoms with van der Waals surface area (Å²) in [7, 11) is 2.09. The number of ether oxygens (including phenoxy) is 1. The predicted molar refractivity (Wildman–Crippen MR) is 78.4 cm³/mol. The van der Waals surface area contributed by atoms with E-state index in [-0.39, 0.29) is 5.97 Å². The zero-order chi connectivity index (χ0) is 13.9. The van der Waals surface area contributed by atoms with Gasteiger partial charge in [0.25, 0.3) is 0 Å². The van der Waals surface area contributed by atoms with E-state index in [1.165, 1.54) is 5.69 Å². The fraction of sp³-hybridized carbons (Fsp3) is 0.533. The average molecular weight is 264 g/mol. The number of esters is 1. The molecule has 0 amide bonds. The molecule has 4 heteroatoms. The first-order chi connectivity index (χ1) is 9.24. The lowest BCUT2D eigenvalue weighted by atomic mass is 10.3.